The van der Waals surface area contributed by atoms with Crippen LogP contribution in [0.3, 0.4) is 0 Å². The van der Waals surface area contributed by atoms with Crippen LogP contribution in [-0.4, -0.2) is 18.5 Å². The lowest BCUT2D eigenvalue weighted by Crippen LogP contribution is -2.15. The van der Waals surface area contributed by atoms with Crippen molar-refractivity contribution in [1.29, 1.82) is 0 Å². The number of aromatic nitrogens is 1. The zero-order valence-corrected chi connectivity index (χ0v) is 13.2. The minimum absolute atomic E-state index is 0.123. The largest absolute Gasteiger partial charge is 0.392 e. The fourth-order valence-electron chi connectivity index (χ4n) is 1.55. The van der Waals surface area contributed by atoms with Crippen molar-refractivity contribution in [2.45, 2.75) is 11.5 Å². The third-order valence-corrected chi connectivity index (χ3v) is 4.72. The van der Waals surface area contributed by atoms with Crippen molar-refractivity contribution in [3.8, 4) is 0 Å². The number of aliphatic hydroxyl groups excluding tert-OH is 1. The number of hydrogen-bond donors (Lipinski definition) is 2. The van der Waals surface area contributed by atoms with Crippen molar-refractivity contribution in [3.63, 3.8) is 0 Å². The van der Waals surface area contributed by atoms with Crippen LogP contribution >= 0.6 is 27.5 Å². The molecule has 0 aliphatic rings. The fourth-order valence-corrected chi connectivity index (χ4v) is 3.60. The second-order valence-corrected chi connectivity index (χ2v) is 6.79. The normalized spacial score (nSPS) is 11.3. The molecule has 8 heteroatoms. The van der Waals surface area contributed by atoms with E-state index < -0.39 is 10.0 Å². The average Bonchev–Trinajstić information content (AvgIpc) is 2.41. The van der Waals surface area contributed by atoms with Gasteiger partial charge in [-0.05, 0) is 28.1 Å². The molecule has 2 rings (SSSR count). The summed E-state index contributed by atoms with van der Waals surface area (Å²) in [5.74, 6) is 0. The third-order valence-electron chi connectivity index (χ3n) is 2.50. The first kappa shape index (κ1) is 15.2. The van der Waals surface area contributed by atoms with Gasteiger partial charge in [-0.25, -0.2) is 13.4 Å². The van der Waals surface area contributed by atoms with Crippen LogP contribution in [0.5, 0.6) is 0 Å². The number of nitrogens with one attached hydrogen (secondary N) is 1. The second kappa shape index (κ2) is 6.09. The van der Waals surface area contributed by atoms with Gasteiger partial charge in [-0.15, -0.1) is 0 Å². The summed E-state index contributed by atoms with van der Waals surface area (Å²) < 4.78 is 27.5. The summed E-state index contributed by atoms with van der Waals surface area (Å²) in [5, 5.41) is 9.08. The number of nitrogens with zero attached hydrogens (tertiary/aromatic N) is 1. The maximum atomic E-state index is 12.3. The van der Waals surface area contributed by atoms with Gasteiger partial charge in [-0.3, -0.25) is 4.72 Å². The Morgan fingerprint density at radius 1 is 1.35 bits per heavy atom. The molecule has 0 aliphatic carbocycles. The molecule has 0 saturated heterocycles. The number of hydrogen-bond acceptors (Lipinski definition) is 4. The Labute approximate surface area is 129 Å². The SMILES string of the molecule is O=S(=O)(Nc1ccccc1CO)c1cc(Br)cnc1Cl. The summed E-state index contributed by atoms with van der Waals surface area (Å²) in [6.45, 7) is -0.275. The lowest BCUT2D eigenvalue weighted by atomic mass is 10.2. The molecule has 1 heterocycles. The van der Waals surface area contributed by atoms with E-state index in [1.807, 2.05) is 0 Å². The second-order valence-electron chi connectivity index (χ2n) is 3.86. The number of pyridine rings is 1. The van der Waals surface area contributed by atoms with Crippen LogP contribution in [0, 0.1) is 0 Å². The Bertz CT molecular complexity index is 737. The standard InChI is InChI=1S/C12H10BrClN2O3S/c13-9-5-11(12(14)15-6-9)20(18,19)16-10-4-2-1-3-8(10)7-17/h1-6,16-17H,7H2. The molecule has 0 saturated carbocycles. The van der Waals surface area contributed by atoms with Gasteiger partial charge in [-0.1, -0.05) is 29.8 Å². The van der Waals surface area contributed by atoms with Gasteiger partial charge >= 0.3 is 0 Å². The minimum atomic E-state index is -3.88. The highest BCUT2D eigenvalue weighted by Gasteiger charge is 2.20. The predicted molar refractivity (Wildman–Crippen MR) is 80.1 cm³/mol. The van der Waals surface area contributed by atoms with Crippen LogP contribution in [-0.2, 0) is 16.6 Å². The molecule has 0 amide bonds. The number of benzene rings is 1. The maximum absolute atomic E-state index is 12.3. The average molecular weight is 378 g/mol. The van der Waals surface area contributed by atoms with Crippen molar-refractivity contribution in [2.24, 2.45) is 0 Å². The first-order valence-electron chi connectivity index (χ1n) is 5.46. The summed E-state index contributed by atoms with van der Waals surface area (Å²) in [6.07, 6.45) is 1.41. The van der Waals surface area contributed by atoms with Crippen LogP contribution in [0.15, 0.2) is 45.9 Å². The molecule has 1 aromatic carbocycles. The van der Waals surface area contributed by atoms with Crippen LogP contribution in [0.2, 0.25) is 5.15 Å². The van der Waals surface area contributed by atoms with E-state index in [-0.39, 0.29) is 16.7 Å². The predicted octanol–water partition coefficient (Wildman–Crippen LogP) is 2.79. The number of anilines is 1. The highest BCUT2D eigenvalue weighted by atomic mass is 79.9. The Morgan fingerprint density at radius 3 is 2.75 bits per heavy atom. The van der Waals surface area contributed by atoms with Crippen molar-refractivity contribution < 1.29 is 13.5 Å². The van der Waals surface area contributed by atoms with Crippen LogP contribution < -0.4 is 4.72 Å². The molecular formula is C12H10BrClN2O3S. The van der Waals surface area contributed by atoms with E-state index in [1.54, 1.807) is 24.3 Å². The molecule has 0 spiro atoms. The van der Waals surface area contributed by atoms with E-state index in [1.165, 1.54) is 12.3 Å². The van der Waals surface area contributed by atoms with E-state index in [2.05, 4.69) is 25.6 Å². The molecule has 0 fully saturated rings. The van der Waals surface area contributed by atoms with Gasteiger partial charge in [-0.2, -0.15) is 0 Å². The molecule has 1 aromatic heterocycles. The Morgan fingerprint density at radius 2 is 2.05 bits per heavy atom. The highest BCUT2D eigenvalue weighted by Crippen LogP contribution is 2.26. The van der Waals surface area contributed by atoms with Crippen LogP contribution in [0.25, 0.3) is 0 Å². The van der Waals surface area contributed by atoms with Gasteiger partial charge in [0.05, 0.1) is 12.3 Å². The topological polar surface area (TPSA) is 79.3 Å². The lowest BCUT2D eigenvalue weighted by Gasteiger charge is -2.12. The van der Waals surface area contributed by atoms with Crippen molar-refractivity contribution >= 4 is 43.2 Å². The zero-order valence-electron chi connectivity index (χ0n) is 10.0. The number of sulfonamides is 1. The molecule has 20 heavy (non-hydrogen) atoms. The highest BCUT2D eigenvalue weighted by molar-refractivity contribution is 9.10. The van der Waals surface area contributed by atoms with E-state index in [0.29, 0.717) is 15.7 Å². The Hall–Kier alpha value is -1.15. The number of para-hydroxylation sites is 1. The van der Waals surface area contributed by atoms with E-state index in [0.717, 1.165) is 0 Å². The molecule has 0 bridgehead atoms. The van der Waals surface area contributed by atoms with Crippen molar-refractivity contribution in [2.75, 3.05) is 4.72 Å². The fraction of sp³-hybridized carbons (Fsp3) is 0.0833. The minimum Gasteiger partial charge on any atom is -0.392 e. The molecule has 0 radical (unpaired) electrons. The molecule has 2 aromatic rings. The summed E-state index contributed by atoms with van der Waals surface area (Å²) in [4.78, 5) is 3.64. The molecular weight excluding hydrogens is 368 g/mol. The maximum Gasteiger partial charge on any atom is 0.265 e. The third kappa shape index (κ3) is 3.29. The number of halogens is 2. The Kier molecular flexibility index (Phi) is 4.64. The Balaban J connectivity index is 2.43. The first-order chi connectivity index (χ1) is 9.44. The zero-order chi connectivity index (χ0) is 14.8. The van der Waals surface area contributed by atoms with Crippen molar-refractivity contribution in [3.05, 3.63) is 51.7 Å². The summed E-state index contributed by atoms with van der Waals surface area (Å²) in [6, 6.07) is 7.91. The number of rotatable bonds is 4. The van der Waals surface area contributed by atoms with Gasteiger partial charge in [0.25, 0.3) is 10.0 Å². The van der Waals surface area contributed by atoms with Gasteiger partial charge in [0, 0.05) is 16.2 Å². The van der Waals surface area contributed by atoms with Crippen LogP contribution in [0.4, 0.5) is 5.69 Å². The molecule has 5 nitrogen and oxygen atoms in total. The molecule has 106 valence electrons. The molecule has 0 atom stereocenters. The van der Waals surface area contributed by atoms with Gasteiger partial charge in [0.15, 0.2) is 0 Å². The lowest BCUT2D eigenvalue weighted by molar-refractivity contribution is 0.282. The first-order valence-corrected chi connectivity index (χ1v) is 8.12. The summed E-state index contributed by atoms with van der Waals surface area (Å²) in [7, 11) is -3.88. The number of aliphatic hydroxyl groups is 1. The molecule has 0 aliphatic heterocycles. The van der Waals surface area contributed by atoms with E-state index >= 15 is 0 Å². The summed E-state index contributed by atoms with van der Waals surface area (Å²) in [5.41, 5.74) is 0.765. The van der Waals surface area contributed by atoms with Crippen LogP contribution in [0.1, 0.15) is 5.56 Å². The molecule has 0 unspecified atom stereocenters. The monoisotopic (exact) mass is 376 g/mol. The quantitative estimate of drug-likeness (QED) is 0.803. The van der Waals surface area contributed by atoms with Gasteiger partial charge in [0.1, 0.15) is 10.0 Å². The summed E-state index contributed by atoms with van der Waals surface area (Å²) >= 11 is 8.97. The molecule has 2 N–H and O–H groups in total. The smallest absolute Gasteiger partial charge is 0.265 e. The van der Waals surface area contributed by atoms with Crippen molar-refractivity contribution in [1.82, 2.24) is 4.98 Å². The van der Waals surface area contributed by atoms with E-state index in [4.69, 9.17) is 11.6 Å². The van der Waals surface area contributed by atoms with E-state index in [9.17, 15) is 13.5 Å². The van der Waals surface area contributed by atoms with Gasteiger partial charge in [0.2, 0.25) is 0 Å². The van der Waals surface area contributed by atoms with Gasteiger partial charge < -0.3 is 5.11 Å².